The van der Waals surface area contributed by atoms with Crippen LogP contribution in [0, 0.1) is 0 Å². The Morgan fingerprint density at radius 3 is 2.82 bits per heavy atom. The third-order valence-corrected chi connectivity index (χ3v) is 2.00. The van der Waals surface area contributed by atoms with Crippen LogP contribution in [-0.4, -0.2) is 44.5 Å². The summed E-state index contributed by atoms with van der Waals surface area (Å²) in [5.74, 6) is -0.453. The molecule has 0 aromatic carbocycles. The van der Waals surface area contributed by atoms with Crippen molar-refractivity contribution in [2.75, 3.05) is 6.54 Å². The van der Waals surface area contributed by atoms with Crippen molar-refractivity contribution in [3.05, 3.63) is 12.2 Å². The van der Waals surface area contributed by atoms with E-state index in [9.17, 15) is 9.59 Å². The summed E-state index contributed by atoms with van der Waals surface area (Å²) in [7, 11) is 1.76. The zero-order valence-corrected chi connectivity index (χ0v) is 9.67. The Labute approximate surface area is 98.0 Å². The molecule has 1 aromatic heterocycles. The number of carboxylic acids is 1. The first-order valence-corrected chi connectivity index (χ1v) is 5.10. The maximum atomic E-state index is 11.2. The molecule has 0 radical (unpaired) electrons. The molecule has 0 aliphatic carbocycles. The van der Waals surface area contributed by atoms with Gasteiger partial charge < -0.3 is 15.7 Å². The van der Waals surface area contributed by atoms with E-state index in [1.807, 2.05) is 0 Å². The summed E-state index contributed by atoms with van der Waals surface area (Å²) >= 11 is 0. The largest absolute Gasteiger partial charge is 0.480 e. The molecule has 94 valence electrons. The van der Waals surface area contributed by atoms with Crippen LogP contribution in [-0.2, 0) is 18.3 Å². The maximum absolute atomic E-state index is 11.2. The number of aryl methyl sites for hydroxylation is 1. The van der Waals surface area contributed by atoms with Gasteiger partial charge in [-0.05, 0) is 6.92 Å². The van der Waals surface area contributed by atoms with Crippen LogP contribution in [0.1, 0.15) is 12.7 Å². The van der Waals surface area contributed by atoms with E-state index < -0.39 is 18.0 Å². The second-order valence-electron chi connectivity index (χ2n) is 3.54. The Hall–Kier alpha value is -2.12. The number of carbonyl (C=O) groups is 2. The van der Waals surface area contributed by atoms with Gasteiger partial charge in [0.25, 0.3) is 0 Å². The number of hydrogen-bond donors (Lipinski definition) is 3. The number of nitrogens with one attached hydrogen (secondary N) is 2. The summed E-state index contributed by atoms with van der Waals surface area (Å²) in [6.45, 7) is 1.74. The monoisotopic (exact) mass is 241 g/mol. The minimum atomic E-state index is -1.08. The number of hydrogen-bond acceptors (Lipinski definition) is 4. The number of rotatable bonds is 5. The molecule has 0 aliphatic heterocycles. The molecule has 0 saturated carbocycles. The Balaban J connectivity index is 2.22. The van der Waals surface area contributed by atoms with Gasteiger partial charge in [-0.15, -0.1) is 0 Å². The molecule has 1 aromatic rings. The van der Waals surface area contributed by atoms with Crippen LogP contribution in [0.5, 0.6) is 0 Å². The van der Waals surface area contributed by atoms with E-state index >= 15 is 0 Å². The molecule has 3 N–H and O–H groups in total. The first-order valence-electron chi connectivity index (χ1n) is 5.10. The van der Waals surface area contributed by atoms with E-state index in [0.29, 0.717) is 18.8 Å². The fraction of sp³-hybridized carbons (Fsp3) is 0.556. The topological polar surface area (TPSA) is 109 Å². The predicted molar refractivity (Wildman–Crippen MR) is 58.3 cm³/mol. The van der Waals surface area contributed by atoms with Gasteiger partial charge in [0.05, 0.1) is 0 Å². The zero-order chi connectivity index (χ0) is 12.8. The summed E-state index contributed by atoms with van der Waals surface area (Å²) in [6, 6.07) is -1.43. The second kappa shape index (κ2) is 5.83. The number of aliphatic carboxylic acids is 1. The highest BCUT2D eigenvalue weighted by molar-refractivity contribution is 5.82. The number of carboxylic acid groups (broad SMARTS) is 1. The SMILES string of the molecule is CC(NC(=O)NCCc1ncn(C)n1)C(=O)O. The minimum absolute atomic E-state index is 0.349. The first-order chi connectivity index (χ1) is 7.99. The van der Waals surface area contributed by atoms with E-state index in [0.717, 1.165) is 0 Å². The minimum Gasteiger partial charge on any atom is -0.480 e. The maximum Gasteiger partial charge on any atom is 0.325 e. The van der Waals surface area contributed by atoms with Gasteiger partial charge in [-0.2, -0.15) is 5.10 Å². The second-order valence-corrected chi connectivity index (χ2v) is 3.54. The summed E-state index contributed by atoms with van der Waals surface area (Å²) in [6.07, 6.45) is 2.07. The normalized spacial score (nSPS) is 11.9. The van der Waals surface area contributed by atoms with Gasteiger partial charge in [0.2, 0.25) is 0 Å². The average molecular weight is 241 g/mol. The molecule has 2 amide bonds. The van der Waals surface area contributed by atoms with Gasteiger partial charge in [0.1, 0.15) is 12.4 Å². The van der Waals surface area contributed by atoms with Gasteiger partial charge in [0.15, 0.2) is 5.82 Å². The molecular formula is C9H15N5O3. The summed E-state index contributed by atoms with van der Waals surface area (Å²) in [5, 5.41) is 17.4. The third-order valence-electron chi connectivity index (χ3n) is 2.00. The summed E-state index contributed by atoms with van der Waals surface area (Å²) in [5.41, 5.74) is 0. The molecule has 8 nitrogen and oxygen atoms in total. The van der Waals surface area contributed by atoms with Gasteiger partial charge >= 0.3 is 12.0 Å². The fourth-order valence-electron chi connectivity index (χ4n) is 1.10. The highest BCUT2D eigenvalue weighted by Gasteiger charge is 2.13. The van der Waals surface area contributed by atoms with E-state index in [2.05, 4.69) is 20.7 Å². The Bertz CT molecular complexity index is 403. The molecule has 0 aliphatic rings. The lowest BCUT2D eigenvalue weighted by Crippen LogP contribution is -2.44. The fourth-order valence-corrected chi connectivity index (χ4v) is 1.10. The van der Waals surface area contributed by atoms with Gasteiger partial charge in [-0.25, -0.2) is 9.78 Å². The standard InChI is InChI=1S/C9H15N5O3/c1-6(8(15)16)12-9(17)10-4-3-7-11-5-14(2)13-7/h5-6H,3-4H2,1-2H3,(H,15,16)(H2,10,12,17). The van der Waals surface area contributed by atoms with Gasteiger partial charge in [0, 0.05) is 20.0 Å². The molecule has 0 saturated heterocycles. The van der Waals surface area contributed by atoms with Gasteiger partial charge in [-0.1, -0.05) is 0 Å². The van der Waals surface area contributed by atoms with Crippen molar-refractivity contribution in [1.29, 1.82) is 0 Å². The predicted octanol–water partition coefficient (Wildman–Crippen LogP) is -0.870. The number of aromatic nitrogens is 3. The first kappa shape index (κ1) is 12.9. The van der Waals surface area contributed by atoms with Crippen LogP contribution in [0.4, 0.5) is 4.79 Å². The molecule has 1 unspecified atom stereocenters. The zero-order valence-electron chi connectivity index (χ0n) is 9.67. The lowest BCUT2D eigenvalue weighted by atomic mass is 10.3. The van der Waals surface area contributed by atoms with E-state index in [1.165, 1.54) is 6.92 Å². The molecule has 0 fully saturated rings. The lowest BCUT2D eigenvalue weighted by Gasteiger charge is -2.09. The highest BCUT2D eigenvalue weighted by Crippen LogP contribution is 1.88. The molecule has 8 heteroatoms. The quantitative estimate of drug-likeness (QED) is 0.621. The Kier molecular flexibility index (Phi) is 4.44. The van der Waals surface area contributed by atoms with Crippen LogP contribution in [0.15, 0.2) is 6.33 Å². The van der Waals surface area contributed by atoms with E-state index in [1.54, 1.807) is 18.1 Å². The van der Waals surface area contributed by atoms with Crippen LogP contribution < -0.4 is 10.6 Å². The molecular weight excluding hydrogens is 226 g/mol. The summed E-state index contributed by atoms with van der Waals surface area (Å²) < 4.78 is 1.57. The molecule has 1 atom stereocenters. The number of nitrogens with zero attached hydrogens (tertiary/aromatic N) is 3. The lowest BCUT2D eigenvalue weighted by molar-refractivity contribution is -0.138. The Morgan fingerprint density at radius 1 is 1.59 bits per heavy atom. The van der Waals surface area contributed by atoms with Crippen molar-refractivity contribution in [2.45, 2.75) is 19.4 Å². The van der Waals surface area contributed by atoms with Crippen LogP contribution in [0.2, 0.25) is 0 Å². The molecule has 0 bridgehead atoms. The van der Waals surface area contributed by atoms with Crippen molar-refractivity contribution < 1.29 is 14.7 Å². The van der Waals surface area contributed by atoms with Crippen LogP contribution >= 0.6 is 0 Å². The smallest absolute Gasteiger partial charge is 0.325 e. The Morgan fingerprint density at radius 2 is 2.29 bits per heavy atom. The molecule has 1 rings (SSSR count). The average Bonchev–Trinajstić information content (AvgIpc) is 2.64. The van der Waals surface area contributed by atoms with Crippen molar-refractivity contribution in [3.63, 3.8) is 0 Å². The number of carbonyl (C=O) groups excluding carboxylic acids is 1. The highest BCUT2D eigenvalue weighted by atomic mass is 16.4. The van der Waals surface area contributed by atoms with Crippen molar-refractivity contribution in [2.24, 2.45) is 7.05 Å². The van der Waals surface area contributed by atoms with Crippen molar-refractivity contribution in [1.82, 2.24) is 25.4 Å². The number of urea groups is 1. The molecule has 0 spiro atoms. The van der Waals surface area contributed by atoms with Crippen LogP contribution in [0.25, 0.3) is 0 Å². The molecule has 1 heterocycles. The van der Waals surface area contributed by atoms with Crippen molar-refractivity contribution >= 4 is 12.0 Å². The third kappa shape index (κ3) is 4.49. The van der Waals surface area contributed by atoms with E-state index in [-0.39, 0.29) is 0 Å². The van der Waals surface area contributed by atoms with Gasteiger partial charge in [-0.3, -0.25) is 9.48 Å². The molecule has 17 heavy (non-hydrogen) atoms. The summed E-state index contributed by atoms with van der Waals surface area (Å²) in [4.78, 5) is 25.7. The van der Waals surface area contributed by atoms with Crippen molar-refractivity contribution in [3.8, 4) is 0 Å². The van der Waals surface area contributed by atoms with E-state index in [4.69, 9.17) is 5.11 Å². The number of amides is 2. The van der Waals surface area contributed by atoms with Crippen LogP contribution in [0.3, 0.4) is 0 Å².